The number of carbonyl (C=O) groups is 1. The van der Waals surface area contributed by atoms with Crippen LogP contribution in [-0.2, 0) is 14.0 Å². The van der Waals surface area contributed by atoms with E-state index in [0.717, 1.165) is 25.7 Å². The van der Waals surface area contributed by atoms with Crippen molar-refractivity contribution in [3.05, 3.63) is 72.3 Å². The lowest BCUT2D eigenvalue weighted by Gasteiger charge is -2.56. The largest absolute Gasteiger partial charge is 0.462 e. The Morgan fingerprint density at radius 3 is 1.98 bits per heavy atom. The summed E-state index contributed by atoms with van der Waals surface area (Å²) in [6.07, 6.45) is 5.24. The third-order valence-electron chi connectivity index (χ3n) is 11.5. The third-order valence-corrected chi connectivity index (χ3v) is 16.6. The maximum atomic E-state index is 13.4. The van der Waals surface area contributed by atoms with E-state index in [1.54, 1.807) is 0 Å². The summed E-state index contributed by atoms with van der Waals surface area (Å²) in [5.74, 6) is 0.329. The zero-order valence-corrected chi connectivity index (χ0v) is 30.9. The van der Waals surface area contributed by atoms with E-state index < -0.39 is 13.7 Å². The van der Waals surface area contributed by atoms with Gasteiger partial charge >= 0.3 is 5.97 Å². The molecular weight excluding hydrogens is 573 g/mol. The van der Waals surface area contributed by atoms with E-state index >= 15 is 0 Å². The molecule has 248 valence electrons. The van der Waals surface area contributed by atoms with Crippen LogP contribution < -0.4 is 10.4 Å². The number of benzene rings is 2. The number of hydrogen-bond donors (Lipinski definition) is 1. The van der Waals surface area contributed by atoms with Crippen LogP contribution in [0.2, 0.25) is 5.04 Å². The zero-order valence-electron chi connectivity index (χ0n) is 29.9. The van der Waals surface area contributed by atoms with Crippen LogP contribution in [0.3, 0.4) is 0 Å². The normalized spacial score (nSPS) is 27.4. The lowest BCUT2D eigenvalue weighted by molar-refractivity contribution is -0.175. The topological polar surface area (TPSA) is 55.8 Å². The minimum atomic E-state index is -2.81. The minimum absolute atomic E-state index is 0.0562. The number of fused-ring (bicyclic) bond motifs is 1. The van der Waals surface area contributed by atoms with E-state index in [9.17, 15) is 9.90 Å². The molecule has 45 heavy (non-hydrogen) atoms. The van der Waals surface area contributed by atoms with Crippen molar-refractivity contribution in [2.75, 3.05) is 6.61 Å². The molecule has 2 aromatic rings. The molecule has 0 aliphatic heterocycles. The molecule has 5 heteroatoms. The molecule has 0 heterocycles. The van der Waals surface area contributed by atoms with Crippen LogP contribution in [0.4, 0.5) is 0 Å². The van der Waals surface area contributed by atoms with E-state index in [0.29, 0.717) is 6.61 Å². The Morgan fingerprint density at radius 2 is 1.51 bits per heavy atom. The average molecular weight is 633 g/mol. The highest BCUT2D eigenvalue weighted by Crippen LogP contribution is 2.65. The molecule has 0 amide bonds. The van der Waals surface area contributed by atoms with Crippen LogP contribution in [0, 0.1) is 34.0 Å². The number of carbonyl (C=O) groups excluding carboxylic acids is 1. The van der Waals surface area contributed by atoms with Gasteiger partial charge in [0.05, 0.1) is 11.5 Å². The van der Waals surface area contributed by atoms with Gasteiger partial charge in [0.2, 0.25) is 0 Å². The van der Waals surface area contributed by atoms with Crippen molar-refractivity contribution in [2.24, 2.45) is 34.0 Å². The molecule has 4 rings (SSSR count). The van der Waals surface area contributed by atoms with Crippen LogP contribution in [0.25, 0.3) is 0 Å². The summed E-state index contributed by atoms with van der Waals surface area (Å²) in [7, 11) is -2.81. The fraction of sp³-hybridized carbons (Fsp3) is 0.625. The highest BCUT2D eigenvalue weighted by molar-refractivity contribution is 6.99. The second kappa shape index (κ2) is 13.1. The van der Waals surface area contributed by atoms with Gasteiger partial charge in [-0.15, -0.1) is 0 Å². The maximum Gasteiger partial charge on any atom is 0.311 e. The quantitative estimate of drug-likeness (QED) is 0.163. The first-order valence-electron chi connectivity index (χ1n) is 17.3. The van der Waals surface area contributed by atoms with Crippen molar-refractivity contribution in [1.82, 2.24) is 0 Å². The Kier molecular flexibility index (Phi) is 10.4. The number of aliphatic hydroxyl groups is 1. The van der Waals surface area contributed by atoms with E-state index in [1.807, 2.05) is 20.8 Å². The van der Waals surface area contributed by atoms with Crippen LogP contribution >= 0.6 is 0 Å². The maximum absolute atomic E-state index is 13.4. The van der Waals surface area contributed by atoms with E-state index in [1.165, 1.54) is 15.9 Å². The molecule has 4 nitrogen and oxygen atoms in total. The predicted octanol–water partition coefficient (Wildman–Crippen LogP) is 8.32. The molecule has 0 bridgehead atoms. The van der Waals surface area contributed by atoms with E-state index in [4.69, 9.17) is 9.16 Å². The number of ether oxygens (including phenoxy) is 1. The summed E-state index contributed by atoms with van der Waals surface area (Å²) >= 11 is 0. The van der Waals surface area contributed by atoms with Crippen LogP contribution in [-0.4, -0.2) is 38.2 Å². The van der Waals surface area contributed by atoms with Crippen LogP contribution in [0.15, 0.2) is 72.3 Å². The van der Waals surface area contributed by atoms with Gasteiger partial charge in [-0.2, -0.15) is 0 Å². The zero-order chi connectivity index (χ0) is 33.4. The van der Waals surface area contributed by atoms with Crippen LogP contribution in [0.5, 0.6) is 0 Å². The molecule has 0 saturated heterocycles. The molecule has 0 aromatic heterocycles. The molecule has 0 spiro atoms. The first-order chi connectivity index (χ1) is 20.9. The lowest BCUT2D eigenvalue weighted by Crippen LogP contribution is -2.67. The Bertz CT molecular complexity index is 1280. The van der Waals surface area contributed by atoms with Crippen molar-refractivity contribution in [2.45, 2.75) is 119 Å². The first kappa shape index (κ1) is 35.6. The van der Waals surface area contributed by atoms with E-state index in [-0.39, 0.29) is 51.8 Å². The molecule has 2 aliphatic rings. The van der Waals surface area contributed by atoms with Crippen molar-refractivity contribution in [3.8, 4) is 0 Å². The second-order valence-electron chi connectivity index (χ2n) is 16.7. The Balaban J connectivity index is 1.87. The summed E-state index contributed by atoms with van der Waals surface area (Å²) in [6, 6.07) is 21.7. The van der Waals surface area contributed by atoms with Crippen molar-refractivity contribution in [3.63, 3.8) is 0 Å². The van der Waals surface area contributed by atoms with Crippen molar-refractivity contribution >= 4 is 24.7 Å². The van der Waals surface area contributed by atoms with Gasteiger partial charge in [-0.05, 0) is 97.4 Å². The summed E-state index contributed by atoms with van der Waals surface area (Å²) < 4.78 is 14.1. The van der Waals surface area contributed by atoms with Gasteiger partial charge in [-0.1, -0.05) is 121 Å². The summed E-state index contributed by atoms with van der Waals surface area (Å²) in [5, 5.41) is 13.3. The number of aliphatic hydroxyl groups excluding tert-OH is 1. The molecule has 1 N–H and O–H groups in total. The first-order valence-corrected chi connectivity index (χ1v) is 19.2. The molecule has 1 unspecified atom stereocenters. The minimum Gasteiger partial charge on any atom is -0.462 e. The van der Waals surface area contributed by atoms with Gasteiger partial charge in [0.15, 0.2) is 0 Å². The van der Waals surface area contributed by atoms with Crippen molar-refractivity contribution < 1.29 is 19.1 Å². The summed E-state index contributed by atoms with van der Waals surface area (Å²) in [4.78, 5) is 13.4. The fourth-order valence-corrected chi connectivity index (χ4v) is 13.1. The van der Waals surface area contributed by atoms with Gasteiger partial charge in [-0.3, -0.25) is 4.79 Å². The van der Waals surface area contributed by atoms with Crippen molar-refractivity contribution in [1.29, 1.82) is 0 Å². The highest BCUT2D eigenvalue weighted by Gasteiger charge is 2.62. The molecule has 2 aliphatic carbocycles. The molecule has 0 radical (unpaired) electrons. The molecule has 1 saturated carbocycles. The second-order valence-corrected chi connectivity index (χ2v) is 21.0. The standard InChI is InChI=1S/C40H60O4Si/c1-12-30(41)23-24-40-26-28(2)39(10,11)35(40)25-34(44-36(42)37(4,5)6)29(3)33(40)27-43-45(38(7,8)9,31-19-15-13-16-20-31)32-21-17-14-18-22-32/h13-22,26,29-30,33-35,41H,12,23-25,27H2,1-11H3/t29-,30?,33-,34-,35-,40-/m0/s1. The van der Waals surface area contributed by atoms with Gasteiger partial charge in [0.25, 0.3) is 8.32 Å². The Hall–Kier alpha value is -2.21. The van der Waals surface area contributed by atoms with Gasteiger partial charge < -0.3 is 14.3 Å². The highest BCUT2D eigenvalue weighted by atomic mass is 28.4. The smallest absolute Gasteiger partial charge is 0.311 e. The Labute approximate surface area is 275 Å². The predicted molar refractivity (Wildman–Crippen MR) is 189 cm³/mol. The molecular formula is C40H60O4Si. The number of esters is 1. The average Bonchev–Trinajstić information content (AvgIpc) is 3.17. The molecule has 1 fully saturated rings. The summed E-state index contributed by atoms with van der Waals surface area (Å²) in [6.45, 7) is 24.7. The van der Waals surface area contributed by atoms with Gasteiger partial charge in [0, 0.05) is 6.61 Å². The van der Waals surface area contributed by atoms with E-state index in [2.05, 4.69) is 122 Å². The number of hydrogen-bond acceptors (Lipinski definition) is 4. The summed E-state index contributed by atoms with van der Waals surface area (Å²) in [5.41, 5.74) is 0.599. The van der Waals surface area contributed by atoms with Gasteiger partial charge in [0.1, 0.15) is 6.10 Å². The Morgan fingerprint density at radius 1 is 0.978 bits per heavy atom. The monoisotopic (exact) mass is 632 g/mol. The number of allylic oxidation sites excluding steroid dienone is 2. The lowest BCUT2D eigenvalue weighted by atomic mass is 9.52. The molecule has 6 atom stereocenters. The fourth-order valence-electron chi connectivity index (χ4n) is 8.52. The molecule has 2 aromatic carbocycles. The SMILES string of the molecule is CCC(O)CC[C@@]12C=C(C)C(C)(C)[C@@H]1C[C@H](OC(=O)C(C)(C)C)[C@@H](C)[C@@H]2CO[Si](c1ccccc1)(c1ccccc1)C(C)(C)C. The third kappa shape index (κ3) is 6.64. The van der Waals surface area contributed by atoms with Gasteiger partial charge in [-0.25, -0.2) is 0 Å². The van der Waals surface area contributed by atoms with Crippen LogP contribution in [0.1, 0.15) is 102 Å². The number of rotatable bonds is 10.